The molecule has 1 rings (SSSR count). The number of hydrogen-bond donors (Lipinski definition) is 1. The van der Waals surface area contributed by atoms with Crippen LogP contribution >= 0.6 is 0 Å². The summed E-state index contributed by atoms with van der Waals surface area (Å²) < 4.78 is 0. The van der Waals surface area contributed by atoms with E-state index in [1.54, 1.807) is 13.0 Å². The Morgan fingerprint density at radius 3 is 2.43 bits per heavy atom. The van der Waals surface area contributed by atoms with E-state index < -0.39 is 0 Å². The average Bonchev–Trinajstić information content (AvgIpc) is 2.80. The zero-order valence-corrected chi connectivity index (χ0v) is 12.8. The lowest BCUT2D eigenvalue weighted by molar-refractivity contribution is -0.140. The summed E-state index contributed by atoms with van der Waals surface area (Å²) >= 11 is 0. The van der Waals surface area contributed by atoms with E-state index in [0.29, 0.717) is 12.1 Å². The number of allylic oxidation sites excluding steroid dienone is 1. The largest absolute Gasteiger partial charge is 0.352 e. The number of nitrogens with one attached hydrogen (secondary N) is 1. The highest BCUT2D eigenvalue weighted by molar-refractivity contribution is 6.13. The molecule has 0 aliphatic carbocycles. The fourth-order valence-corrected chi connectivity index (χ4v) is 1.94. The van der Waals surface area contributed by atoms with Crippen LogP contribution in [0.2, 0.25) is 0 Å². The minimum atomic E-state index is -0.305. The number of hydrogen-bond acceptors (Lipinski definition) is 3. The first-order valence-corrected chi connectivity index (χ1v) is 7.07. The summed E-state index contributed by atoms with van der Waals surface area (Å²) in [6.07, 6.45) is 6.91. The van der Waals surface area contributed by atoms with Crippen molar-refractivity contribution in [3.05, 3.63) is 36.5 Å². The van der Waals surface area contributed by atoms with Crippen LogP contribution in [0.3, 0.4) is 0 Å². The Labute approximate surface area is 125 Å². The molecule has 3 amide bonds. The molecule has 1 N–H and O–H groups in total. The fraction of sp³-hybridized carbons (Fsp3) is 0.438. The summed E-state index contributed by atoms with van der Waals surface area (Å²) in [6.45, 7) is 9.72. The van der Waals surface area contributed by atoms with Crippen molar-refractivity contribution in [1.82, 2.24) is 10.2 Å². The zero-order valence-electron chi connectivity index (χ0n) is 12.8. The molecular weight excluding hydrogens is 268 g/mol. The highest BCUT2D eigenvalue weighted by Crippen LogP contribution is 2.15. The molecule has 0 fully saturated rings. The number of nitrogens with zero attached hydrogens (tertiary/aromatic N) is 1. The third-order valence-corrected chi connectivity index (χ3v) is 3.51. The van der Waals surface area contributed by atoms with Crippen LogP contribution in [0.25, 0.3) is 0 Å². The van der Waals surface area contributed by atoms with Gasteiger partial charge in [0.25, 0.3) is 17.7 Å². The second kappa shape index (κ2) is 7.57. The van der Waals surface area contributed by atoms with E-state index in [9.17, 15) is 14.4 Å². The highest BCUT2D eigenvalue weighted by Gasteiger charge is 2.31. The summed E-state index contributed by atoms with van der Waals surface area (Å²) in [5, 5.41) is 2.77. The van der Waals surface area contributed by atoms with Gasteiger partial charge in [0.2, 0.25) is 0 Å². The van der Waals surface area contributed by atoms with E-state index in [1.807, 2.05) is 19.9 Å². The average molecular weight is 290 g/mol. The molecule has 0 aromatic rings. The maximum Gasteiger partial charge on any atom is 0.253 e. The quantitative estimate of drug-likeness (QED) is 0.440. The third kappa shape index (κ3) is 4.41. The molecule has 114 valence electrons. The van der Waals surface area contributed by atoms with Gasteiger partial charge in [0, 0.05) is 30.3 Å². The van der Waals surface area contributed by atoms with E-state index in [1.165, 1.54) is 17.1 Å². The van der Waals surface area contributed by atoms with Gasteiger partial charge in [0.05, 0.1) is 0 Å². The minimum absolute atomic E-state index is 0.0512. The van der Waals surface area contributed by atoms with Crippen LogP contribution in [0.15, 0.2) is 36.5 Å². The van der Waals surface area contributed by atoms with Crippen LogP contribution in [0, 0.1) is 5.92 Å². The predicted molar refractivity (Wildman–Crippen MR) is 81.2 cm³/mol. The minimum Gasteiger partial charge on any atom is -0.352 e. The predicted octanol–water partition coefficient (Wildman–Crippen LogP) is 1.57. The Morgan fingerprint density at radius 2 is 1.90 bits per heavy atom. The summed E-state index contributed by atoms with van der Waals surface area (Å²) in [6, 6.07) is -0.278. The van der Waals surface area contributed by atoms with E-state index in [0.717, 1.165) is 6.42 Å². The molecular formula is C16H22N2O3. The number of carbonyl (C=O) groups excluding carboxylic acids is 3. The van der Waals surface area contributed by atoms with Gasteiger partial charge in [-0.05, 0) is 19.3 Å². The van der Waals surface area contributed by atoms with Crippen molar-refractivity contribution in [2.24, 2.45) is 5.92 Å². The zero-order chi connectivity index (χ0) is 16.0. The van der Waals surface area contributed by atoms with Crippen molar-refractivity contribution in [3.63, 3.8) is 0 Å². The fourth-order valence-electron chi connectivity index (χ4n) is 1.94. The molecule has 21 heavy (non-hydrogen) atoms. The lowest BCUT2D eigenvalue weighted by Crippen LogP contribution is -2.45. The van der Waals surface area contributed by atoms with Crippen LogP contribution in [0.1, 0.15) is 27.2 Å². The van der Waals surface area contributed by atoms with Crippen molar-refractivity contribution in [1.29, 1.82) is 0 Å². The van der Waals surface area contributed by atoms with E-state index in [2.05, 4.69) is 11.9 Å². The molecule has 5 heteroatoms. The van der Waals surface area contributed by atoms with Gasteiger partial charge in [-0.3, -0.25) is 19.3 Å². The second-order valence-corrected chi connectivity index (χ2v) is 5.14. The van der Waals surface area contributed by atoms with Crippen LogP contribution in [-0.4, -0.2) is 35.2 Å². The summed E-state index contributed by atoms with van der Waals surface area (Å²) in [4.78, 5) is 36.2. The molecule has 0 bridgehead atoms. The van der Waals surface area contributed by atoms with Gasteiger partial charge in [-0.25, -0.2) is 0 Å². The normalized spacial score (nSPS) is 17.4. The number of rotatable bonds is 7. The van der Waals surface area contributed by atoms with Gasteiger partial charge in [-0.2, -0.15) is 0 Å². The standard InChI is InChI=1S/C16H22N2O3/c1-5-6-7-11(2)16(21)17-10-12(3)13(4)18-14(19)8-9-15(18)20/h6-9,12-13H,2,5,10H2,1,3-4H3,(H,17,21)/b7-6-/t12-,13?/m0/s1. The van der Waals surface area contributed by atoms with Crippen molar-refractivity contribution < 1.29 is 14.4 Å². The summed E-state index contributed by atoms with van der Waals surface area (Å²) in [5.74, 6) is -0.900. The van der Waals surface area contributed by atoms with Gasteiger partial charge in [0.15, 0.2) is 0 Å². The molecule has 1 unspecified atom stereocenters. The molecule has 0 spiro atoms. The number of amides is 3. The first-order chi connectivity index (χ1) is 9.88. The SMILES string of the molecule is C=C(/C=C\CC)C(=O)NC[C@H](C)C(C)N1C(=O)C=CC1=O. The second-order valence-electron chi connectivity index (χ2n) is 5.14. The maximum absolute atomic E-state index is 11.8. The lowest BCUT2D eigenvalue weighted by Gasteiger charge is -2.28. The smallest absolute Gasteiger partial charge is 0.253 e. The lowest BCUT2D eigenvalue weighted by atomic mass is 10.0. The molecule has 0 aromatic heterocycles. The molecule has 5 nitrogen and oxygen atoms in total. The van der Waals surface area contributed by atoms with Crippen LogP contribution < -0.4 is 5.32 Å². The Hall–Kier alpha value is -2.17. The molecule has 1 heterocycles. The Kier molecular flexibility index (Phi) is 6.09. The van der Waals surface area contributed by atoms with Crippen molar-refractivity contribution in [3.8, 4) is 0 Å². The number of imide groups is 1. The Bertz CT molecular complexity index is 488. The van der Waals surface area contributed by atoms with E-state index >= 15 is 0 Å². The van der Waals surface area contributed by atoms with Gasteiger partial charge in [-0.15, -0.1) is 0 Å². The Morgan fingerprint density at radius 1 is 1.33 bits per heavy atom. The van der Waals surface area contributed by atoms with Gasteiger partial charge in [0.1, 0.15) is 0 Å². The summed E-state index contributed by atoms with van der Waals surface area (Å²) in [5.41, 5.74) is 0.395. The highest BCUT2D eigenvalue weighted by atomic mass is 16.2. The first-order valence-electron chi connectivity index (χ1n) is 7.07. The Balaban J connectivity index is 2.50. The molecule has 2 atom stereocenters. The third-order valence-electron chi connectivity index (χ3n) is 3.51. The molecule has 0 saturated carbocycles. The van der Waals surface area contributed by atoms with Gasteiger partial charge < -0.3 is 5.32 Å². The van der Waals surface area contributed by atoms with Gasteiger partial charge in [-0.1, -0.05) is 32.6 Å². The van der Waals surface area contributed by atoms with Crippen molar-refractivity contribution in [2.75, 3.05) is 6.54 Å². The monoisotopic (exact) mass is 290 g/mol. The summed E-state index contributed by atoms with van der Waals surface area (Å²) in [7, 11) is 0. The van der Waals surface area contributed by atoms with Crippen LogP contribution in [-0.2, 0) is 14.4 Å². The van der Waals surface area contributed by atoms with Crippen LogP contribution in [0.4, 0.5) is 0 Å². The van der Waals surface area contributed by atoms with Gasteiger partial charge >= 0.3 is 0 Å². The maximum atomic E-state index is 11.8. The molecule has 0 radical (unpaired) electrons. The molecule has 1 aliphatic heterocycles. The topological polar surface area (TPSA) is 66.5 Å². The first kappa shape index (κ1) is 16.9. The number of carbonyl (C=O) groups is 3. The van der Waals surface area contributed by atoms with Crippen LogP contribution in [0.5, 0.6) is 0 Å². The van der Waals surface area contributed by atoms with Crippen molar-refractivity contribution >= 4 is 17.7 Å². The molecule has 0 aromatic carbocycles. The van der Waals surface area contributed by atoms with E-state index in [4.69, 9.17) is 0 Å². The van der Waals surface area contributed by atoms with Crippen molar-refractivity contribution in [2.45, 2.75) is 33.2 Å². The molecule has 1 aliphatic rings. The molecule has 0 saturated heterocycles. The van der Waals surface area contributed by atoms with E-state index in [-0.39, 0.29) is 29.7 Å².